The first-order chi connectivity index (χ1) is 11.0. The van der Waals surface area contributed by atoms with Crippen molar-refractivity contribution >= 4 is 28.9 Å². The van der Waals surface area contributed by atoms with Gasteiger partial charge in [0.15, 0.2) is 0 Å². The Balaban J connectivity index is 2.18. The summed E-state index contributed by atoms with van der Waals surface area (Å²) >= 11 is 1.30. The lowest BCUT2D eigenvalue weighted by Gasteiger charge is -2.24. The summed E-state index contributed by atoms with van der Waals surface area (Å²) in [6, 6.07) is 9.41. The van der Waals surface area contributed by atoms with Gasteiger partial charge in [0.25, 0.3) is 0 Å². The van der Waals surface area contributed by atoms with Crippen molar-refractivity contribution in [2.24, 2.45) is 5.92 Å². The van der Waals surface area contributed by atoms with Crippen molar-refractivity contribution in [1.29, 1.82) is 0 Å². The highest BCUT2D eigenvalue weighted by Crippen LogP contribution is 2.48. The molecule has 1 atom stereocenters. The third-order valence-corrected chi connectivity index (χ3v) is 5.36. The summed E-state index contributed by atoms with van der Waals surface area (Å²) in [5.41, 5.74) is 2.16. The monoisotopic (exact) mass is 329 g/mol. The number of aromatic carboxylic acids is 1. The van der Waals surface area contributed by atoms with Crippen LogP contribution in [0, 0.1) is 5.92 Å². The second-order valence-electron chi connectivity index (χ2n) is 6.30. The molecule has 0 aliphatic carbocycles. The fraction of sp³-hybridized carbons (Fsp3) is 0.333. The maximum absolute atomic E-state index is 12.1. The summed E-state index contributed by atoms with van der Waals surface area (Å²) in [7, 11) is 0. The summed E-state index contributed by atoms with van der Waals surface area (Å²) in [5.74, 6) is -0.426. The van der Waals surface area contributed by atoms with Gasteiger partial charge in [0.05, 0.1) is 5.69 Å². The van der Waals surface area contributed by atoms with Crippen molar-refractivity contribution in [3.05, 3.63) is 40.1 Å². The van der Waals surface area contributed by atoms with Gasteiger partial charge in [-0.3, -0.25) is 4.79 Å². The zero-order valence-electron chi connectivity index (χ0n) is 13.1. The summed E-state index contributed by atoms with van der Waals surface area (Å²) in [6.45, 7) is 4.24. The van der Waals surface area contributed by atoms with E-state index in [4.69, 9.17) is 0 Å². The largest absolute Gasteiger partial charge is 0.477 e. The number of rotatable bonds is 4. The van der Waals surface area contributed by atoms with Crippen LogP contribution in [0.5, 0.6) is 0 Å². The van der Waals surface area contributed by atoms with Crippen LogP contribution in [-0.4, -0.2) is 17.0 Å². The molecule has 1 amide bonds. The van der Waals surface area contributed by atoms with Gasteiger partial charge in [-0.1, -0.05) is 44.2 Å². The molecule has 2 N–H and O–H groups in total. The lowest BCUT2D eigenvalue weighted by molar-refractivity contribution is -0.116. The minimum absolute atomic E-state index is 0.0323. The molecule has 2 heterocycles. The van der Waals surface area contributed by atoms with Gasteiger partial charge >= 0.3 is 5.97 Å². The molecule has 1 aromatic carbocycles. The van der Waals surface area contributed by atoms with Crippen molar-refractivity contribution in [3.63, 3.8) is 0 Å². The van der Waals surface area contributed by atoms with Gasteiger partial charge in [-0.05, 0) is 17.9 Å². The summed E-state index contributed by atoms with van der Waals surface area (Å²) in [6.07, 6.45) is 1.31. The van der Waals surface area contributed by atoms with E-state index >= 15 is 0 Å². The number of hydrogen-bond donors (Lipinski definition) is 2. The fourth-order valence-electron chi connectivity index (χ4n) is 3.16. The molecule has 5 heteroatoms. The molecule has 4 nitrogen and oxygen atoms in total. The van der Waals surface area contributed by atoms with Crippen LogP contribution in [0.4, 0.5) is 5.69 Å². The Kier molecular flexibility index (Phi) is 4.22. The number of thiophene rings is 1. The molecule has 0 bridgehead atoms. The van der Waals surface area contributed by atoms with Crippen LogP contribution in [0.2, 0.25) is 0 Å². The number of benzene rings is 1. The molecule has 1 aromatic heterocycles. The first-order valence-corrected chi connectivity index (χ1v) is 8.54. The van der Waals surface area contributed by atoms with E-state index in [0.717, 1.165) is 16.9 Å². The number of fused-ring (bicyclic) bond motifs is 1. The van der Waals surface area contributed by atoms with E-state index in [1.54, 1.807) is 0 Å². The molecular formula is C18H19NO3S. The lowest BCUT2D eigenvalue weighted by Crippen LogP contribution is -2.22. The summed E-state index contributed by atoms with van der Waals surface area (Å²) in [5, 5.41) is 12.5. The zero-order valence-corrected chi connectivity index (χ0v) is 13.9. The molecule has 0 radical (unpaired) electrons. The van der Waals surface area contributed by atoms with Gasteiger partial charge in [0.1, 0.15) is 4.88 Å². The van der Waals surface area contributed by atoms with Gasteiger partial charge in [-0.2, -0.15) is 0 Å². The zero-order chi connectivity index (χ0) is 16.6. The topological polar surface area (TPSA) is 66.4 Å². The summed E-state index contributed by atoms with van der Waals surface area (Å²) in [4.78, 5) is 25.1. The van der Waals surface area contributed by atoms with Crippen LogP contribution in [-0.2, 0) is 4.79 Å². The van der Waals surface area contributed by atoms with Crippen molar-refractivity contribution in [2.75, 3.05) is 5.32 Å². The van der Waals surface area contributed by atoms with Gasteiger partial charge in [-0.15, -0.1) is 11.3 Å². The molecule has 0 spiro atoms. The number of carbonyl (C=O) groups is 2. The van der Waals surface area contributed by atoms with E-state index in [-0.39, 0.29) is 11.8 Å². The first kappa shape index (κ1) is 15.7. The Morgan fingerprint density at radius 2 is 2.04 bits per heavy atom. The Labute approximate surface area is 139 Å². The Bertz CT molecular complexity index is 749. The Morgan fingerprint density at radius 3 is 2.65 bits per heavy atom. The van der Waals surface area contributed by atoms with Crippen molar-refractivity contribution < 1.29 is 14.7 Å². The van der Waals surface area contributed by atoms with E-state index < -0.39 is 5.97 Å². The quantitative estimate of drug-likeness (QED) is 0.862. The average molecular weight is 329 g/mol. The Hall–Kier alpha value is -2.14. The van der Waals surface area contributed by atoms with Gasteiger partial charge < -0.3 is 10.4 Å². The van der Waals surface area contributed by atoms with Gasteiger partial charge in [0.2, 0.25) is 5.91 Å². The number of carboxylic acid groups (broad SMARTS) is 1. The van der Waals surface area contributed by atoms with Gasteiger partial charge in [-0.25, -0.2) is 4.79 Å². The maximum atomic E-state index is 12.1. The van der Waals surface area contributed by atoms with Crippen LogP contribution in [0.15, 0.2) is 30.3 Å². The van der Waals surface area contributed by atoms with Crippen molar-refractivity contribution in [2.45, 2.75) is 32.6 Å². The van der Waals surface area contributed by atoms with E-state index in [2.05, 4.69) is 19.2 Å². The molecule has 0 fully saturated rings. The molecule has 1 aliphatic heterocycles. The predicted molar refractivity (Wildman–Crippen MR) is 92.2 cm³/mol. The number of anilines is 1. The van der Waals surface area contributed by atoms with Crippen molar-refractivity contribution in [3.8, 4) is 11.1 Å². The molecule has 23 heavy (non-hydrogen) atoms. The smallest absolute Gasteiger partial charge is 0.346 e. The minimum atomic E-state index is -0.944. The normalized spacial score (nSPS) is 17.0. The number of hydrogen-bond acceptors (Lipinski definition) is 3. The third kappa shape index (κ3) is 3.01. The number of amides is 1. The first-order valence-electron chi connectivity index (χ1n) is 7.72. The average Bonchev–Trinajstić information content (AvgIpc) is 2.87. The van der Waals surface area contributed by atoms with Crippen LogP contribution < -0.4 is 5.32 Å². The van der Waals surface area contributed by atoms with Crippen LogP contribution in [0.25, 0.3) is 11.1 Å². The summed E-state index contributed by atoms with van der Waals surface area (Å²) < 4.78 is 0. The highest BCUT2D eigenvalue weighted by molar-refractivity contribution is 7.15. The third-order valence-electron chi connectivity index (χ3n) is 4.02. The number of carboxylic acids is 1. The number of carbonyl (C=O) groups excluding carboxylic acids is 1. The molecule has 0 saturated heterocycles. The molecule has 120 valence electrons. The van der Waals surface area contributed by atoms with E-state index in [1.807, 2.05) is 30.3 Å². The van der Waals surface area contributed by atoms with Crippen molar-refractivity contribution in [1.82, 2.24) is 0 Å². The van der Waals surface area contributed by atoms with Crippen LogP contribution in [0.1, 0.15) is 47.2 Å². The van der Waals surface area contributed by atoms with E-state index in [0.29, 0.717) is 28.5 Å². The van der Waals surface area contributed by atoms with Crippen LogP contribution >= 0.6 is 11.3 Å². The maximum Gasteiger partial charge on any atom is 0.346 e. The van der Waals surface area contributed by atoms with E-state index in [9.17, 15) is 14.7 Å². The van der Waals surface area contributed by atoms with E-state index in [1.165, 1.54) is 11.3 Å². The second kappa shape index (κ2) is 6.16. The SMILES string of the molecule is CC(C)CC1CC(=O)Nc2c1sc(C(=O)O)c2-c1ccccc1. The molecular weight excluding hydrogens is 310 g/mol. The Morgan fingerprint density at radius 1 is 1.35 bits per heavy atom. The predicted octanol–water partition coefficient (Wildman–Crippen LogP) is 4.59. The van der Waals surface area contributed by atoms with Crippen LogP contribution in [0.3, 0.4) is 0 Å². The lowest BCUT2D eigenvalue weighted by atomic mass is 9.88. The highest BCUT2D eigenvalue weighted by Gasteiger charge is 2.33. The standard InChI is InChI=1S/C18H19NO3S/c1-10(2)8-12-9-13(20)19-15-14(11-6-4-3-5-7-11)17(18(21)22)23-16(12)15/h3-7,10,12H,8-9H2,1-2H3,(H,19,20)(H,21,22). The second-order valence-corrected chi connectivity index (χ2v) is 7.35. The molecule has 1 aliphatic rings. The molecule has 0 saturated carbocycles. The highest BCUT2D eigenvalue weighted by atomic mass is 32.1. The number of nitrogens with one attached hydrogen (secondary N) is 1. The molecule has 2 aromatic rings. The van der Waals surface area contributed by atoms with Gasteiger partial charge in [0, 0.05) is 22.8 Å². The fourth-order valence-corrected chi connectivity index (χ4v) is 4.39. The molecule has 3 rings (SSSR count). The molecule has 1 unspecified atom stereocenters. The minimum Gasteiger partial charge on any atom is -0.477 e.